The Labute approximate surface area is 198 Å². The van der Waals surface area contributed by atoms with E-state index in [0.29, 0.717) is 6.04 Å². The number of hydrogen-bond acceptors (Lipinski definition) is 5. The summed E-state index contributed by atoms with van der Waals surface area (Å²) in [5.74, 6) is 0.931. The summed E-state index contributed by atoms with van der Waals surface area (Å²) in [5.41, 5.74) is 0. The van der Waals surface area contributed by atoms with Crippen molar-refractivity contribution in [2.45, 2.75) is 31.7 Å². The summed E-state index contributed by atoms with van der Waals surface area (Å²) in [6.45, 7) is 10.4. The number of thiophene rings is 1. The molecule has 0 bridgehead atoms. The molecule has 0 saturated carbocycles. The molecule has 2 aliphatic heterocycles. The smallest absolute Gasteiger partial charge is 0.191 e. The second-order valence-corrected chi connectivity index (χ2v) is 8.99. The third-order valence-corrected chi connectivity index (χ3v) is 6.90. The lowest BCUT2D eigenvalue weighted by Crippen LogP contribution is -2.45. The monoisotopic (exact) mass is 534 g/mol. The molecular weight excluding hydrogens is 495 g/mol. The summed E-state index contributed by atoms with van der Waals surface area (Å²) in [4.78, 5) is 13.5. The lowest BCUT2D eigenvalue weighted by atomic mass is 10.2. The third kappa shape index (κ3) is 8.32. The van der Waals surface area contributed by atoms with Crippen molar-refractivity contribution in [1.82, 2.24) is 25.3 Å². The zero-order valence-corrected chi connectivity index (χ0v) is 21.3. The van der Waals surface area contributed by atoms with E-state index in [1.54, 1.807) is 0 Å². The van der Waals surface area contributed by atoms with Crippen LogP contribution in [0.4, 0.5) is 0 Å². The molecule has 2 fully saturated rings. The van der Waals surface area contributed by atoms with Crippen LogP contribution < -0.4 is 10.6 Å². The highest BCUT2D eigenvalue weighted by Gasteiger charge is 2.24. The minimum atomic E-state index is 0. The third-order valence-electron chi connectivity index (χ3n) is 5.93. The Morgan fingerprint density at radius 2 is 1.86 bits per heavy atom. The van der Waals surface area contributed by atoms with Gasteiger partial charge in [0.1, 0.15) is 0 Å². The fourth-order valence-electron chi connectivity index (χ4n) is 4.10. The summed E-state index contributed by atoms with van der Waals surface area (Å²) in [5, 5.41) is 9.26. The fraction of sp³-hybridized carbons (Fsp3) is 0.762. The number of piperazine rings is 1. The second-order valence-electron chi connectivity index (χ2n) is 8.01. The van der Waals surface area contributed by atoms with E-state index in [2.05, 4.69) is 54.9 Å². The first-order valence-electron chi connectivity index (χ1n) is 10.9. The van der Waals surface area contributed by atoms with Crippen LogP contribution in [0.3, 0.4) is 0 Å². The van der Waals surface area contributed by atoms with E-state index in [-0.39, 0.29) is 24.0 Å². The highest BCUT2D eigenvalue weighted by Crippen LogP contribution is 2.27. The molecule has 0 aromatic carbocycles. The minimum Gasteiger partial charge on any atom is -0.356 e. The first-order valence-corrected chi connectivity index (χ1v) is 11.8. The Kier molecular flexibility index (Phi) is 11.8. The van der Waals surface area contributed by atoms with E-state index < -0.39 is 0 Å². The Morgan fingerprint density at radius 1 is 1.10 bits per heavy atom. The summed E-state index contributed by atoms with van der Waals surface area (Å²) in [6, 6.07) is 4.89. The van der Waals surface area contributed by atoms with Crippen LogP contribution in [0.2, 0.25) is 0 Å². The van der Waals surface area contributed by atoms with E-state index in [4.69, 9.17) is 0 Å². The van der Waals surface area contributed by atoms with Crippen molar-refractivity contribution in [2.75, 3.05) is 73.0 Å². The van der Waals surface area contributed by atoms with Crippen molar-refractivity contribution in [2.24, 2.45) is 4.99 Å². The molecule has 1 atom stereocenters. The molecule has 0 spiro atoms. The van der Waals surface area contributed by atoms with Crippen LogP contribution >= 0.6 is 35.3 Å². The van der Waals surface area contributed by atoms with Crippen molar-refractivity contribution in [3.63, 3.8) is 0 Å². The van der Waals surface area contributed by atoms with Gasteiger partial charge >= 0.3 is 0 Å². The summed E-state index contributed by atoms with van der Waals surface area (Å²) >= 11 is 1.87. The van der Waals surface area contributed by atoms with Gasteiger partial charge in [-0.25, -0.2) is 0 Å². The van der Waals surface area contributed by atoms with Crippen LogP contribution in [0, 0.1) is 0 Å². The number of aliphatic imine (C=N–C) groups is 1. The highest BCUT2D eigenvalue weighted by molar-refractivity contribution is 14.0. The van der Waals surface area contributed by atoms with E-state index in [0.717, 1.165) is 19.0 Å². The lowest BCUT2D eigenvalue weighted by molar-refractivity contribution is 0.152. The van der Waals surface area contributed by atoms with Crippen LogP contribution in [0.1, 0.15) is 36.6 Å². The van der Waals surface area contributed by atoms with Gasteiger partial charge in [0, 0.05) is 51.2 Å². The van der Waals surface area contributed by atoms with Gasteiger partial charge in [-0.05, 0) is 63.8 Å². The predicted octanol–water partition coefficient (Wildman–Crippen LogP) is 2.70. The average Bonchev–Trinajstić information content (AvgIpc) is 3.42. The second kappa shape index (κ2) is 13.8. The van der Waals surface area contributed by atoms with Gasteiger partial charge in [0.25, 0.3) is 0 Å². The molecule has 1 aromatic rings. The molecule has 2 N–H and O–H groups in total. The fourth-order valence-corrected chi connectivity index (χ4v) is 4.96. The average molecular weight is 535 g/mol. The van der Waals surface area contributed by atoms with Gasteiger partial charge in [-0.15, -0.1) is 35.3 Å². The number of likely N-dealkylation sites (tertiary alicyclic amines) is 1. The molecule has 1 unspecified atom stereocenters. The topological polar surface area (TPSA) is 46.1 Å². The molecule has 166 valence electrons. The van der Waals surface area contributed by atoms with Gasteiger partial charge < -0.3 is 20.4 Å². The maximum atomic E-state index is 4.43. The molecule has 1 aromatic heterocycles. The normalized spacial score (nSPS) is 20.4. The number of hydrogen-bond donors (Lipinski definition) is 2. The Hall–Kier alpha value is -0.420. The zero-order valence-electron chi connectivity index (χ0n) is 18.1. The number of likely N-dealkylation sites (N-methyl/N-ethyl adjacent to an activating group) is 1. The number of rotatable bonds is 9. The molecule has 2 aliphatic rings. The molecule has 29 heavy (non-hydrogen) atoms. The minimum absolute atomic E-state index is 0. The molecule has 0 aliphatic carbocycles. The molecule has 3 rings (SSSR count). The quantitative estimate of drug-likeness (QED) is 0.221. The van der Waals surface area contributed by atoms with Gasteiger partial charge in [0.05, 0.1) is 6.04 Å². The Bertz CT molecular complexity index is 568. The van der Waals surface area contributed by atoms with Crippen LogP contribution in [0.5, 0.6) is 0 Å². The zero-order chi connectivity index (χ0) is 19.6. The van der Waals surface area contributed by atoms with E-state index >= 15 is 0 Å². The van der Waals surface area contributed by atoms with E-state index in [9.17, 15) is 0 Å². The van der Waals surface area contributed by atoms with Gasteiger partial charge in [0.15, 0.2) is 5.96 Å². The number of nitrogens with zero attached hydrogens (tertiary/aromatic N) is 4. The van der Waals surface area contributed by atoms with Crippen LogP contribution in [-0.2, 0) is 0 Å². The lowest BCUT2D eigenvalue weighted by Gasteiger charge is -2.32. The number of nitrogens with one attached hydrogen (secondary N) is 2. The number of unbranched alkanes of at least 4 members (excludes halogenated alkanes) is 1. The summed E-state index contributed by atoms with van der Waals surface area (Å²) in [6.07, 6.45) is 5.08. The van der Waals surface area contributed by atoms with Gasteiger partial charge in [-0.2, -0.15) is 0 Å². The summed E-state index contributed by atoms with van der Waals surface area (Å²) < 4.78 is 0. The van der Waals surface area contributed by atoms with Gasteiger partial charge in [0.2, 0.25) is 0 Å². The summed E-state index contributed by atoms with van der Waals surface area (Å²) in [7, 11) is 4.09. The molecule has 0 amide bonds. The van der Waals surface area contributed by atoms with E-state index in [1.165, 1.54) is 76.4 Å². The van der Waals surface area contributed by atoms with Crippen LogP contribution in [0.15, 0.2) is 22.5 Å². The van der Waals surface area contributed by atoms with E-state index in [1.807, 2.05) is 18.4 Å². The first kappa shape index (κ1) is 24.8. The van der Waals surface area contributed by atoms with Crippen LogP contribution in [0.25, 0.3) is 0 Å². The van der Waals surface area contributed by atoms with Crippen molar-refractivity contribution in [1.29, 1.82) is 0 Å². The Morgan fingerprint density at radius 3 is 2.52 bits per heavy atom. The number of halogens is 1. The molecule has 3 heterocycles. The van der Waals surface area contributed by atoms with Crippen molar-refractivity contribution in [3.8, 4) is 0 Å². The molecule has 0 radical (unpaired) electrons. The molecular formula is C21H39IN6S. The van der Waals surface area contributed by atoms with Crippen LogP contribution in [-0.4, -0.2) is 93.7 Å². The molecule has 8 heteroatoms. The molecule has 6 nitrogen and oxygen atoms in total. The van der Waals surface area contributed by atoms with Gasteiger partial charge in [-0.3, -0.25) is 9.89 Å². The van der Waals surface area contributed by atoms with Crippen molar-refractivity contribution >= 4 is 41.3 Å². The maximum absolute atomic E-state index is 4.43. The SMILES string of the molecule is CN=C(NCCCCN1CCN(C)CC1)NCC(c1cccs1)N1CCCC1.I. The Balaban J connectivity index is 0.00000300. The highest BCUT2D eigenvalue weighted by atomic mass is 127. The molecule has 2 saturated heterocycles. The maximum Gasteiger partial charge on any atom is 0.191 e. The largest absolute Gasteiger partial charge is 0.356 e. The standard InChI is InChI=1S/C21H38N6S.HI/c1-22-21(23-9-3-4-10-26-15-13-25(2)14-16-26)24-18-19(20-8-7-17-28-20)27-11-5-6-12-27;/h7-8,17,19H,3-6,9-16,18H2,1-2H3,(H2,22,23,24);1H. The first-order chi connectivity index (χ1) is 13.8. The predicted molar refractivity (Wildman–Crippen MR) is 136 cm³/mol. The van der Waals surface area contributed by atoms with Gasteiger partial charge in [-0.1, -0.05) is 6.07 Å². The number of guanidine groups is 1. The van der Waals surface area contributed by atoms with Crippen molar-refractivity contribution < 1.29 is 0 Å². The van der Waals surface area contributed by atoms with Crippen molar-refractivity contribution in [3.05, 3.63) is 22.4 Å².